The number of nitrogens with one attached hydrogen (secondary N) is 1. The molecule has 0 spiro atoms. The van der Waals surface area contributed by atoms with Crippen LogP contribution in [0.5, 0.6) is 0 Å². The minimum atomic E-state index is -1.02. The predicted molar refractivity (Wildman–Crippen MR) is 107 cm³/mol. The first-order chi connectivity index (χ1) is 12.5. The normalized spacial score (nSPS) is 17.7. The molecule has 132 valence electrons. The standard InChI is InChI=1S/C20H19N3O2S/c1-3-14-6-4-5-7-17(14)21-12-16-18(24)22-20(26)23(19(16)25)15-10-8-13(2)9-11-15/h4-12,16H,3H2,1-2H3,(H,22,24,26)/t16-/m0/s1. The molecule has 1 aliphatic heterocycles. The van der Waals surface area contributed by atoms with E-state index in [0.29, 0.717) is 5.69 Å². The molecule has 1 heterocycles. The quantitative estimate of drug-likeness (QED) is 0.514. The second kappa shape index (κ2) is 7.58. The van der Waals surface area contributed by atoms with Gasteiger partial charge < -0.3 is 5.32 Å². The number of carbonyl (C=O) groups excluding carboxylic acids is 2. The fourth-order valence-corrected chi connectivity index (χ4v) is 3.05. The van der Waals surface area contributed by atoms with Crippen molar-refractivity contribution in [3.05, 3.63) is 59.7 Å². The van der Waals surface area contributed by atoms with Crippen LogP contribution in [0.15, 0.2) is 53.5 Å². The maximum absolute atomic E-state index is 12.9. The Bertz CT molecular complexity index is 890. The van der Waals surface area contributed by atoms with Crippen molar-refractivity contribution in [2.75, 3.05) is 4.90 Å². The van der Waals surface area contributed by atoms with Gasteiger partial charge in [0.2, 0.25) is 5.91 Å². The van der Waals surface area contributed by atoms with E-state index in [1.54, 1.807) is 12.1 Å². The predicted octanol–water partition coefficient (Wildman–Crippen LogP) is 3.32. The maximum atomic E-state index is 12.9. The van der Waals surface area contributed by atoms with E-state index in [4.69, 9.17) is 12.2 Å². The number of para-hydroxylation sites is 1. The Morgan fingerprint density at radius 2 is 1.85 bits per heavy atom. The molecule has 0 aromatic heterocycles. The SMILES string of the molecule is CCc1ccccc1N=C[C@H]1C(=O)NC(=S)N(c2ccc(C)cc2)C1=O. The van der Waals surface area contributed by atoms with Crippen molar-refractivity contribution in [2.24, 2.45) is 10.9 Å². The van der Waals surface area contributed by atoms with Crippen molar-refractivity contribution in [3.8, 4) is 0 Å². The topological polar surface area (TPSA) is 61.8 Å². The van der Waals surface area contributed by atoms with Gasteiger partial charge in [0.25, 0.3) is 5.91 Å². The molecule has 2 amide bonds. The summed E-state index contributed by atoms with van der Waals surface area (Å²) in [5.41, 5.74) is 3.50. The Morgan fingerprint density at radius 3 is 2.54 bits per heavy atom. The van der Waals surface area contributed by atoms with Crippen LogP contribution in [0, 0.1) is 12.8 Å². The highest BCUT2D eigenvalue weighted by Gasteiger charge is 2.38. The van der Waals surface area contributed by atoms with E-state index in [0.717, 1.165) is 23.2 Å². The molecule has 5 nitrogen and oxygen atoms in total. The number of anilines is 1. The van der Waals surface area contributed by atoms with Gasteiger partial charge in [0.05, 0.1) is 11.4 Å². The second-order valence-corrected chi connectivity index (χ2v) is 6.43. The summed E-state index contributed by atoms with van der Waals surface area (Å²) in [6, 6.07) is 15.0. The molecule has 0 unspecified atom stereocenters. The third kappa shape index (κ3) is 3.55. The first-order valence-electron chi connectivity index (χ1n) is 8.39. The first-order valence-corrected chi connectivity index (χ1v) is 8.79. The largest absolute Gasteiger partial charge is 0.301 e. The Labute approximate surface area is 157 Å². The molecule has 26 heavy (non-hydrogen) atoms. The molecule has 1 atom stereocenters. The number of benzene rings is 2. The molecule has 0 saturated carbocycles. The molecule has 6 heteroatoms. The molecule has 1 aliphatic rings. The van der Waals surface area contributed by atoms with Crippen molar-refractivity contribution < 1.29 is 9.59 Å². The molecule has 3 rings (SSSR count). The number of hydrogen-bond donors (Lipinski definition) is 1. The third-order valence-electron chi connectivity index (χ3n) is 4.23. The molecule has 2 aromatic carbocycles. The number of nitrogens with zero attached hydrogens (tertiary/aromatic N) is 2. The molecular formula is C20H19N3O2S. The lowest BCUT2D eigenvalue weighted by molar-refractivity contribution is -0.130. The molecule has 0 radical (unpaired) electrons. The van der Waals surface area contributed by atoms with Crippen LogP contribution in [0.4, 0.5) is 11.4 Å². The summed E-state index contributed by atoms with van der Waals surface area (Å²) in [5, 5.41) is 2.68. The minimum absolute atomic E-state index is 0.0856. The number of carbonyl (C=O) groups is 2. The Morgan fingerprint density at radius 1 is 1.15 bits per heavy atom. The van der Waals surface area contributed by atoms with Crippen molar-refractivity contribution in [1.29, 1.82) is 0 Å². The summed E-state index contributed by atoms with van der Waals surface area (Å²) in [5.74, 6) is -1.88. The number of amides is 2. The lowest BCUT2D eigenvalue weighted by Crippen LogP contribution is -2.58. The van der Waals surface area contributed by atoms with E-state index in [1.807, 2.05) is 50.2 Å². The van der Waals surface area contributed by atoms with Gasteiger partial charge in [-0.2, -0.15) is 0 Å². The van der Waals surface area contributed by atoms with Gasteiger partial charge >= 0.3 is 0 Å². The zero-order chi connectivity index (χ0) is 18.7. The Balaban J connectivity index is 1.90. The number of aryl methyl sites for hydroxylation is 2. The van der Waals surface area contributed by atoms with E-state index in [9.17, 15) is 9.59 Å². The van der Waals surface area contributed by atoms with Crippen molar-refractivity contribution in [2.45, 2.75) is 20.3 Å². The zero-order valence-electron chi connectivity index (χ0n) is 14.6. The molecule has 2 aromatic rings. The van der Waals surface area contributed by atoms with Gasteiger partial charge in [-0.15, -0.1) is 0 Å². The summed E-state index contributed by atoms with van der Waals surface area (Å²) in [6.45, 7) is 3.99. The Hall–Kier alpha value is -2.86. The van der Waals surface area contributed by atoms with E-state index < -0.39 is 17.7 Å². The third-order valence-corrected chi connectivity index (χ3v) is 4.51. The monoisotopic (exact) mass is 365 g/mol. The van der Waals surface area contributed by atoms with Gasteiger partial charge in [0, 0.05) is 6.21 Å². The summed E-state index contributed by atoms with van der Waals surface area (Å²) in [4.78, 5) is 30.9. The van der Waals surface area contributed by atoms with E-state index in [2.05, 4.69) is 10.3 Å². The van der Waals surface area contributed by atoms with Gasteiger partial charge in [0.1, 0.15) is 0 Å². The van der Waals surface area contributed by atoms with Gasteiger partial charge in [-0.25, -0.2) is 0 Å². The highest BCUT2D eigenvalue weighted by Crippen LogP contribution is 2.23. The zero-order valence-corrected chi connectivity index (χ0v) is 15.4. The van der Waals surface area contributed by atoms with E-state index >= 15 is 0 Å². The molecule has 1 saturated heterocycles. The molecule has 1 fully saturated rings. The van der Waals surface area contributed by atoms with Crippen molar-refractivity contribution in [3.63, 3.8) is 0 Å². The lowest BCUT2D eigenvalue weighted by atomic mass is 10.1. The van der Waals surface area contributed by atoms with Gasteiger partial charge in [-0.05, 0) is 49.3 Å². The fraction of sp³-hybridized carbons (Fsp3) is 0.200. The van der Waals surface area contributed by atoms with Crippen LogP contribution >= 0.6 is 12.2 Å². The number of rotatable bonds is 4. The smallest absolute Gasteiger partial charge is 0.251 e. The van der Waals surface area contributed by atoms with Gasteiger partial charge in [0.15, 0.2) is 11.0 Å². The van der Waals surface area contributed by atoms with Crippen LogP contribution in [0.25, 0.3) is 0 Å². The molecule has 0 aliphatic carbocycles. The van der Waals surface area contributed by atoms with E-state index in [-0.39, 0.29) is 5.11 Å². The summed E-state index contributed by atoms with van der Waals surface area (Å²) >= 11 is 5.19. The summed E-state index contributed by atoms with van der Waals surface area (Å²) < 4.78 is 0. The highest BCUT2D eigenvalue weighted by atomic mass is 32.1. The average molecular weight is 365 g/mol. The summed E-state index contributed by atoms with van der Waals surface area (Å²) in [6.07, 6.45) is 2.22. The molecule has 1 N–H and O–H groups in total. The first kappa shape index (κ1) is 17.9. The van der Waals surface area contributed by atoms with Crippen LogP contribution in [-0.4, -0.2) is 23.1 Å². The molecule has 0 bridgehead atoms. The average Bonchev–Trinajstić information content (AvgIpc) is 2.63. The van der Waals surface area contributed by atoms with Crippen molar-refractivity contribution in [1.82, 2.24) is 5.32 Å². The molecular weight excluding hydrogens is 346 g/mol. The van der Waals surface area contributed by atoms with Crippen LogP contribution in [0.1, 0.15) is 18.1 Å². The van der Waals surface area contributed by atoms with Crippen LogP contribution in [-0.2, 0) is 16.0 Å². The van der Waals surface area contributed by atoms with E-state index in [1.165, 1.54) is 11.1 Å². The van der Waals surface area contributed by atoms with Crippen molar-refractivity contribution >= 4 is 46.7 Å². The van der Waals surface area contributed by atoms with Gasteiger partial charge in [-0.1, -0.05) is 42.8 Å². The van der Waals surface area contributed by atoms with Crippen LogP contribution < -0.4 is 10.2 Å². The number of hydrogen-bond acceptors (Lipinski definition) is 4. The van der Waals surface area contributed by atoms with Gasteiger partial charge in [-0.3, -0.25) is 19.5 Å². The van der Waals surface area contributed by atoms with Crippen LogP contribution in [0.3, 0.4) is 0 Å². The highest BCUT2D eigenvalue weighted by molar-refractivity contribution is 7.80. The fourth-order valence-electron chi connectivity index (χ4n) is 2.75. The van der Waals surface area contributed by atoms with Crippen LogP contribution in [0.2, 0.25) is 0 Å². The summed E-state index contributed by atoms with van der Waals surface area (Å²) in [7, 11) is 0. The number of aliphatic imine (C=N–C) groups is 1. The Kier molecular flexibility index (Phi) is 5.23. The lowest BCUT2D eigenvalue weighted by Gasteiger charge is -2.31. The second-order valence-electron chi connectivity index (χ2n) is 6.04. The number of thiocarbonyl (C=S) groups is 1. The minimum Gasteiger partial charge on any atom is -0.301 e. The maximum Gasteiger partial charge on any atom is 0.251 e.